The normalized spacial score (nSPS) is 26.7. The Labute approximate surface area is 119 Å². The highest BCUT2D eigenvalue weighted by Crippen LogP contribution is 2.35. The summed E-state index contributed by atoms with van der Waals surface area (Å²) in [5, 5.41) is 9.56. The molecule has 0 aliphatic carbocycles. The Bertz CT molecular complexity index is 481. The summed E-state index contributed by atoms with van der Waals surface area (Å²) < 4.78 is 11.5. The first kappa shape index (κ1) is 14.8. The number of aliphatic carboxylic acids is 1. The second kappa shape index (κ2) is 5.77. The molecule has 20 heavy (non-hydrogen) atoms. The van der Waals surface area contributed by atoms with Gasteiger partial charge in [0.15, 0.2) is 5.79 Å². The maximum Gasteiger partial charge on any atom is 0.313 e. The number of carboxylic acids is 1. The van der Waals surface area contributed by atoms with E-state index in [2.05, 4.69) is 6.58 Å². The van der Waals surface area contributed by atoms with E-state index < -0.39 is 23.8 Å². The van der Waals surface area contributed by atoms with E-state index in [1.165, 1.54) is 0 Å². The van der Waals surface area contributed by atoms with Crippen molar-refractivity contribution in [3.63, 3.8) is 0 Å². The SMILES string of the molecule is C=CC1CC(C(C(=O)O)c2ccccc2)OC(C)(C)O1. The molecule has 4 nitrogen and oxygen atoms in total. The fourth-order valence-corrected chi connectivity index (χ4v) is 2.61. The molecule has 1 aliphatic heterocycles. The lowest BCUT2D eigenvalue weighted by atomic mass is 9.89. The van der Waals surface area contributed by atoms with Gasteiger partial charge in [0.1, 0.15) is 5.92 Å². The van der Waals surface area contributed by atoms with Gasteiger partial charge in [-0.25, -0.2) is 0 Å². The van der Waals surface area contributed by atoms with E-state index >= 15 is 0 Å². The molecule has 0 amide bonds. The predicted octanol–water partition coefficient (Wildman–Crippen LogP) is 2.95. The quantitative estimate of drug-likeness (QED) is 0.859. The summed E-state index contributed by atoms with van der Waals surface area (Å²) in [5.41, 5.74) is 0.741. The predicted molar refractivity (Wildman–Crippen MR) is 75.5 cm³/mol. The van der Waals surface area contributed by atoms with Crippen molar-refractivity contribution in [1.29, 1.82) is 0 Å². The van der Waals surface area contributed by atoms with Crippen molar-refractivity contribution in [2.45, 2.75) is 44.2 Å². The van der Waals surface area contributed by atoms with E-state index in [1.54, 1.807) is 19.9 Å². The minimum Gasteiger partial charge on any atom is -0.481 e. The van der Waals surface area contributed by atoms with Gasteiger partial charge in [-0.2, -0.15) is 0 Å². The van der Waals surface area contributed by atoms with E-state index in [1.807, 2.05) is 30.3 Å². The third-order valence-electron chi connectivity index (χ3n) is 3.39. The number of carboxylic acid groups (broad SMARTS) is 1. The molecule has 3 unspecified atom stereocenters. The number of benzene rings is 1. The number of hydrogen-bond donors (Lipinski definition) is 1. The van der Waals surface area contributed by atoms with Crippen LogP contribution in [0.5, 0.6) is 0 Å². The highest BCUT2D eigenvalue weighted by molar-refractivity contribution is 5.77. The van der Waals surface area contributed by atoms with Gasteiger partial charge in [0.2, 0.25) is 0 Å². The Morgan fingerprint density at radius 2 is 2.05 bits per heavy atom. The van der Waals surface area contributed by atoms with Gasteiger partial charge >= 0.3 is 5.97 Å². The summed E-state index contributed by atoms with van der Waals surface area (Å²) >= 11 is 0. The Morgan fingerprint density at radius 3 is 2.60 bits per heavy atom. The van der Waals surface area contributed by atoms with E-state index in [9.17, 15) is 9.90 Å². The molecule has 0 spiro atoms. The molecule has 1 heterocycles. The van der Waals surface area contributed by atoms with Gasteiger partial charge in [0.25, 0.3) is 0 Å². The minimum atomic E-state index is -0.887. The zero-order valence-electron chi connectivity index (χ0n) is 11.8. The van der Waals surface area contributed by atoms with Crippen LogP contribution in [0.1, 0.15) is 31.7 Å². The molecule has 1 N–H and O–H groups in total. The van der Waals surface area contributed by atoms with E-state index in [4.69, 9.17) is 9.47 Å². The summed E-state index contributed by atoms with van der Waals surface area (Å²) in [6, 6.07) is 9.16. The van der Waals surface area contributed by atoms with Crippen LogP contribution in [0.2, 0.25) is 0 Å². The molecule has 0 radical (unpaired) electrons. The summed E-state index contributed by atoms with van der Waals surface area (Å²) in [7, 11) is 0. The van der Waals surface area contributed by atoms with Crippen molar-refractivity contribution in [2.75, 3.05) is 0 Å². The lowest BCUT2D eigenvalue weighted by molar-refractivity contribution is -0.293. The van der Waals surface area contributed by atoms with Crippen LogP contribution in [0.3, 0.4) is 0 Å². The molecule has 2 rings (SSSR count). The average molecular weight is 276 g/mol. The standard InChI is InChI=1S/C16H20O4/c1-4-12-10-13(20-16(2,3)19-12)14(15(17)18)11-8-6-5-7-9-11/h4-9,12-14H,1,10H2,2-3H3,(H,17,18). The molecule has 1 saturated heterocycles. The molecular weight excluding hydrogens is 256 g/mol. The lowest BCUT2D eigenvalue weighted by Crippen LogP contribution is -2.47. The molecule has 0 bridgehead atoms. The molecule has 4 heteroatoms. The van der Waals surface area contributed by atoms with Crippen LogP contribution in [0.4, 0.5) is 0 Å². The number of rotatable bonds is 4. The Balaban J connectivity index is 2.30. The summed E-state index contributed by atoms with van der Waals surface area (Å²) in [6.07, 6.45) is 1.54. The largest absolute Gasteiger partial charge is 0.481 e. The van der Waals surface area contributed by atoms with Gasteiger partial charge < -0.3 is 14.6 Å². The maximum atomic E-state index is 11.7. The molecule has 1 aromatic carbocycles. The van der Waals surface area contributed by atoms with Crippen LogP contribution >= 0.6 is 0 Å². The zero-order valence-corrected chi connectivity index (χ0v) is 11.8. The molecule has 3 atom stereocenters. The fourth-order valence-electron chi connectivity index (χ4n) is 2.61. The fraction of sp³-hybridized carbons (Fsp3) is 0.438. The van der Waals surface area contributed by atoms with Gasteiger partial charge in [-0.1, -0.05) is 36.4 Å². The van der Waals surface area contributed by atoms with Gasteiger partial charge in [0.05, 0.1) is 12.2 Å². The Morgan fingerprint density at radius 1 is 1.40 bits per heavy atom. The van der Waals surface area contributed by atoms with Gasteiger partial charge in [-0.05, 0) is 19.4 Å². The Kier molecular flexibility index (Phi) is 4.26. The highest BCUT2D eigenvalue weighted by Gasteiger charge is 2.41. The molecule has 1 aliphatic rings. The van der Waals surface area contributed by atoms with Crippen molar-refractivity contribution in [1.82, 2.24) is 0 Å². The number of ether oxygens (including phenoxy) is 2. The highest BCUT2D eigenvalue weighted by atomic mass is 16.7. The van der Waals surface area contributed by atoms with Crippen LogP contribution in [0, 0.1) is 0 Å². The van der Waals surface area contributed by atoms with Crippen molar-refractivity contribution in [3.05, 3.63) is 48.6 Å². The summed E-state index contributed by atoms with van der Waals surface area (Å²) in [6.45, 7) is 7.32. The summed E-state index contributed by atoms with van der Waals surface area (Å²) in [4.78, 5) is 11.7. The third kappa shape index (κ3) is 3.26. The Hall–Kier alpha value is -1.65. The molecule has 0 aromatic heterocycles. The first-order valence-corrected chi connectivity index (χ1v) is 6.69. The maximum absolute atomic E-state index is 11.7. The summed E-state index contributed by atoms with van der Waals surface area (Å²) in [5.74, 6) is -2.41. The van der Waals surface area contributed by atoms with Crippen LogP contribution in [-0.2, 0) is 14.3 Å². The average Bonchev–Trinajstić information content (AvgIpc) is 2.38. The first-order chi connectivity index (χ1) is 9.43. The molecule has 108 valence electrons. The minimum absolute atomic E-state index is 0.200. The van der Waals surface area contributed by atoms with Crippen LogP contribution in [-0.4, -0.2) is 29.1 Å². The van der Waals surface area contributed by atoms with Gasteiger partial charge in [-0.3, -0.25) is 4.79 Å². The lowest BCUT2D eigenvalue weighted by Gasteiger charge is -2.41. The second-order valence-corrected chi connectivity index (χ2v) is 5.41. The van der Waals surface area contributed by atoms with E-state index in [-0.39, 0.29) is 6.10 Å². The number of hydrogen-bond acceptors (Lipinski definition) is 3. The van der Waals surface area contributed by atoms with Gasteiger partial charge in [0, 0.05) is 6.42 Å². The second-order valence-electron chi connectivity index (χ2n) is 5.41. The van der Waals surface area contributed by atoms with Crippen molar-refractivity contribution < 1.29 is 19.4 Å². The van der Waals surface area contributed by atoms with Crippen molar-refractivity contribution in [3.8, 4) is 0 Å². The van der Waals surface area contributed by atoms with Crippen molar-refractivity contribution in [2.24, 2.45) is 0 Å². The molecular formula is C16H20O4. The molecule has 1 fully saturated rings. The van der Waals surface area contributed by atoms with E-state index in [0.717, 1.165) is 5.56 Å². The van der Waals surface area contributed by atoms with Crippen LogP contribution in [0.15, 0.2) is 43.0 Å². The zero-order chi connectivity index (χ0) is 14.8. The smallest absolute Gasteiger partial charge is 0.313 e. The van der Waals surface area contributed by atoms with Crippen molar-refractivity contribution >= 4 is 5.97 Å². The third-order valence-corrected chi connectivity index (χ3v) is 3.39. The van der Waals surface area contributed by atoms with Gasteiger partial charge in [-0.15, -0.1) is 6.58 Å². The van der Waals surface area contributed by atoms with E-state index in [0.29, 0.717) is 6.42 Å². The van der Waals surface area contributed by atoms with Crippen LogP contribution < -0.4 is 0 Å². The molecule has 1 aromatic rings. The molecule has 0 saturated carbocycles. The topological polar surface area (TPSA) is 55.8 Å². The number of carbonyl (C=O) groups is 1. The monoisotopic (exact) mass is 276 g/mol. The first-order valence-electron chi connectivity index (χ1n) is 6.69. The van der Waals surface area contributed by atoms with Crippen LogP contribution in [0.25, 0.3) is 0 Å².